The standard InChI is InChI=1S/C8H18NO/c1-5-8(4,10)9(6-2)7-3/h10H,4-7H2,1-3H3. The Morgan fingerprint density at radius 3 is 1.80 bits per heavy atom. The van der Waals surface area contributed by atoms with Crippen LogP contribution in [0, 0.1) is 6.92 Å². The Morgan fingerprint density at radius 1 is 1.30 bits per heavy atom. The van der Waals surface area contributed by atoms with E-state index in [-0.39, 0.29) is 0 Å². The molecule has 0 aliphatic heterocycles. The predicted octanol–water partition coefficient (Wildman–Crippen LogP) is 1.26. The third kappa shape index (κ3) is 2.27. The summed E-state index contributed by atoms with van der Waals surface area (Å²) in [5, 5.41) is 9.60. The maximum Gasteiger partial charge on any atom is 0.118 e. The van der Waals surface area contributed by atoms with Gasteiger partial charge in [0.05, 0.1) is 0 Å². The Hall–Kier alpha value is -0.0800. The zero-order valence-corrected chi connectivity index (χ0v) is 7.22. The lowest BCUT2D eigenvalue weighted by Gasteiger charge is -2.34. The molecule has 0 saturated heterocycles. The van der Waals surface area contributed by atoms with Crippen molar-refractivity contribution in [2.24, 2.45) is 0 Å². The molecule has 2 heteroatoms. The summed E-state index contributed by atoms with van der Waals surface area (Å²) in [6, 6.07) is 0. The lowest BCUT2D eigenvalue weighted by Crippen LogP contribution is -2.45. The number of aliphatic hydroxyl groups is 1. The third-order valence-corrected chi connectivity index (χ3v) is 1.92. The van der Waals surface area contributed by atoms with Crippen molar-refractivity contribution in [1.82, 2.24) is 4.90 Å². The highest BCUT2D eigenvalue weighted by Crippen LogP contribution is 2.13. The summed E-state index contributed by atoms with van der Waals surface area (Å²) in [7, 11) is 0. The van der Waals surface area contributed by atoms with Gasteiger partial charge in [-0.05, 0) is 26.4 Å². The van der Waals surface area contributed by atoms with Crippen molar-refractivity contribution < 1.29 is 5.11 Å². The topological polar surface area (TPSA) is 23.5 Å². The molecule has 0 aromatic heterocycles. The molecule has 0 fully saturated rings. The summed E-state index contributed by atoms with van der Waals surface area (Å²) in [6.07, 6.45) is 0.675. The first-order valence-corrected chi connectivity index (χ1v) is 3.91. The Balaban J connectivity index is 3.97. The second-order valence-corrected chi connectivity index (χ2v) is 2.51. The molecule has 1 radical (unpaired) electrons. The molecular weight excluding hydrogens is 126 g/mol. The minimum absolute atomic E-state index is 0.675. The monoisotopic (exact) mass is 144 g/mol. The van der Waals surface area contributed by atoms with Crippen LogP contribution in [0.5, 0.6) is 0 Å². The molecule has 1 N–H and O–H groups in total. The second kappa shape index (κ2) is 3.94. The van der Waals surface area contributed by atoms with Gasteiger partial charge in [0.2, 0.25) is 0 Å². The fraction of sp³-hybridized carbons (Fsp3) is 0.875. The summed E-state index contributed by atoms with van der Waals surface area (Å²) in [6.45, 7) is 11.4. The van der Waals surface area contributed by atoms with E-state index < -0.39 is 5.72 Å². The van der Waals surface area contributed by atoms with E-state index in [1.54, 1.807) is 0 Å². The minimum Gasteiger partial charge on any atom is -0.376 e. The molecule has 1 unspecified atom stereocenters. The van der Waals surface area contributed by atoms with Crippen molar-refractivity contribution in [2.45, 2.75) is 32.9 Å². The van der Waals surface area contributed by atoms with Crippen LogP contribution in [-0.4, -0.2) is 28.8 Å². The van der Waals surface area contributed by atoms with Crippen LogP contribution in [-0.2, 0) is 0 Å². The minimum atomic E-state index is -0.858. The lowest BCUT2D eigenvalue weighted by molar-refractivity contribution is -0.0679. The largest absolute Gasteiger partial charge is 0.376 e. The molecule has 0 saturated carbocycles. The van der Waals surface area contributed by atoms with Gasteiger partial charge >= 0.3 is 0 Å². The second-order valence-electron chi connectivity index (χ2n) is 2.51. The summed E-state index contributed by atoms with van der Waals surface area (Å²) < 4.78 is 0. The summed E-state index contributed by atoms with van der Waals surface area (Å²) in [4.78, 5) is 1.94. The third-order valence-electron chi connectivity index (χ3n) is 1.92. The molecule has 0 heterocycles. The normalized spacial score (nSPS) is 17.4. The van der Waals surface area contributed by atoms with Gasteiger partial charge in [-0.15, -0.1) is 0 Å². The maximum absolute atomic E-state index is 9.60. The van der Waals surface area contributed by atoms with Gasteiger partial charge in [-0.3, -0.25) is 4.90 Å². The van der Waals surface area contributed by atoms with Gasteiger partial charge in [0.1, 0.15) is 5.72 Å². The van der Waals surface area contributed by atoms with Crippen LogP contribution in [0.1, 0.15) is 27.2 Å². The van der Waals surface area contributed by atoms with E-state index in [1.165, 1.54) is 0 Å². The first kappa shape index (κ1) is 9.92. The average Bonchev–Trinajstić information content (AvgIpc) is 1.90. The molecule has 2 nitrogen and oxygen atoms in total. The van der Waals surface area contributed by atoms with Crippen LogP contribution in [0.15, 0.2) is 0 Å². The first-order chi connectivity index (χ1) is 4.58. The SMILES string of the molecule is [CH2]C(O)(CC)N(CC)CC. The molecule has 0 aliphatic rings. The summed E-state index contributed by atoms with van der Waals surface area (Å²) in [5.41, 5.74) is -0.858. The van der Waals surface area contributed by atoms with Gasteiger partial charge < -0.3 is 5.11 Å². The van der Waals surface area contributed by atoms with Crippen LogP contribution in [0.25, 0.3) is 0 Å². The average molecular weight is 144 g/mol. The van der Waals surface area contributed by atoms with E-state index in [4.69, 9.17) is 0 Å². The van der Waals surface area contributed by atoms with Crippen LogP contribution < -0.4 is 0 Å². The zero-order chi connectivity index (χ0) is 8.20. The smallest absolute Gasteiger partial charge is 0.118 e. The van der Waals surface area contributed by atoms with Crippen LogP contribution in [0.2, 0.25) is 0 Å². The Bertz CT molecular complexity index is 87.3. The number of hydrogen-bond acceptors (Lipinski definition) is 2. The highest BCUT2D eigenvalue weighted by Gasteiger charge is 2.23. The summed E-state index contributed by atoms with van der Waals surface area (Å²) >= 11 is 0. The first-order valence-electron chi connectivity index (χ1n) is 3.91. The maximum atomic E-state index is 9.60. The fourth-order valence-electron chi connectivity index (χ4n) is 1.04. The predicted molar refractivity (Wildman–Crippen MR) is 43.5 cm³/mol. The number of hydrogen-bond donors (Lipinski definition) is 1. The molecule has 0 spiro atoms. The molecule has 0 aliphatic carbocycles. The zero-order valence-electron chi connectivity index (χ0n) is 7.22. The van der Waals surface area contributed by atoms with E-state index in [1.807, 2.05) is 25.7 Å². The molecule has 0 aromatic carbocycles. The van der Waals surface area contributed by atoms with Gasteiger partial charge in [0.15, 0.2) is 0 Å². The number of nitrogens with zero attached hydrogens (tertiary/aromatic N) is 1. The molecule has 1 atom stereocenters. The van der Waals surface area contributed by atoms with Crippen molar-refractivity contribution in [3.63, 3.8) is 0 Å². The Labute approximate surface area is 63.8 Å². The van der Waals surface area contributed by atoms with Crippen molar-refractivity contribution in [3.8, 4) is 0 Å². The van der Waals surface area contributed by atoms with Crippen molar-refractivity contribution in [3.05, 3.63) is 6.92 Å². The fourth-order valence-corrected chi connectivity index (χ4v) is 1.04. The van der Waals surface area contributed by atoms with E-state index in [0.717, 1.165) is 13.1 Å². The van der Waals surface area contributed by atoms with E-state index in [2.05, 4.69) is 6.92 Å². The molecule has 0 aromatic rings. The molecule has 0 amide bonds. The van der Waals surface area contributed by atoms with Crippen molar-refractivity contribution in [2.75, 3.05) is 13.1 Å². The van der Waals surface area contributed by atoms with Gasteiger partial charge in [0.25, 0.3) is 0 Å². The lowest BCUT2D eigenvalue weighted by atomic mass is 10.1. The van der Waals surface area contributed by atoms with Gasteiger partial charge in [-0.1, -0.05) is 20.8 Å². The molecular formula is C8H18NO. The van der Waals surface area contributed by atoms with Gasteiger partial charge in [-0.25, -0.2) is 0 Å². The van der Waals surface area contributed by atoms with Crippen molar-refractivity contribution >= 4 is 0 Å². The quantitative estimate of drug-likeness (QED) is 0.600. The molecule has 0 bridgehead atoms. The highest BCUT2D eigenvalue weighted by molar-refractivity contribution is 4.78. The molecule has 61 valence electrons. The van der Waals surface area contributed by atoms with Crippen molar-refractivity contribution in [1.29, 1.82) is 0 Å². The van der Waals surface area contributed by atoms with Crippen LogP contribution in [0.4, 0.5) is 0 Å². The highest BCUT2D eigenvalue weighted by atomic mass is 16.3. The van der Waals surface area contributed by atoms with E-state index >= 15 is 0 Å². The van der Waals surface area contributed by atoms with Gasteiger partial charge in [-0.2, -0.15) is 0 Å². The Kier molecular flexibility index (Phi) is 3.91. The number of rotatable bonds is 4. The Morgan fingerprint density at radius 2 is 1.70 bits per heavy atom. The van der Waals surface area contributed by atoms with E-state index in [0.29, 0.717) is 6.42 Å². The van der Waals surface area contributed by atoms with E-state index in [9.17, 15) is 5.11 Å². The molecule has 0 rings (SSSR count). The van der Waals surface area contributed by atoms with Crippen LogP contribution in [0.3, 0.4) is 0 Å². The molecule has 10 heavy (non-hydrogen) atoms. The van der Waals surface area contributed by atoms with Gasteiger partial charge in [0, 0.05) is 0 Å². The van der Waals surface area contributed by atoms with Crippen LogP contribution >= 0.6 is 0 Å². The summed E-state index contributed by atoms with van der Waals surface area (Å²) in [5.74, 6) is 0.